The molecule has 19 heavy (non-hydrogen) atoms. The summed E-state index contributed by atoms with van der Waals surface area (Å²) in [6.45, 7) is 2.78. The topological polar surface area (TPSA) is 85.5 Å². The number of anilines is 1. The van der Waals surface area contributed by atoms with Crippen LogP contribution in [-0.4, -0.2) is 36.1 Å². The van der Waals surface area contributed by atoms with Crippen LogP contribution in [0.2, 0.25) is 0 Å². The fraction of sp³-hybridized carbons (Fsp3) is 0.462. The molecule has 1 amide bonds. The van der Waals surface area contributed by atoms with E-state index in [1.165, 1.54) is 0 Å². The molecule has 1 fully saturated rings. The Labute approximate surface area is 111 Å². The van der Waals surface area contributed by atoms with Gasteiger partial charge in [-0.05, 0) is 31.9 Å². The number of esters is 1. The molecule has 0 bridgehead atoms. The zero-order chi connectivity index (χ0) is 13.8. The van der Waals surface area contributed by atoms with Crippen molar-refractivity contribution >= 4 is 17.7 Å². The van der Waals surface area contributed by atoms with Crippen molar-refractivity contribution in [3.8, 4) is 0 Å². The highest BCUT2D eigenvalue weighted by molar-refractivity contribution is 5.98. The van der Waals surface area contributed by atoms with Crippen LogP contribution >= 0.6 is 0 Å². The number of hydrogen-bond donors (Lipinski definition) is 1. The van der Waals surface area contributed by atoms with E-state index in [1.807, 2.05) is 0 Å². The molecule has 1 aliphatic heterocycles. The minimum atomic E-state index is -0.544. The molecule has 1 saturated heterocycles. The molecule has 1 aromatic heterocycles. The summed E-state index contributed by atoms with van der Waals surface area (Å²) in [5.41, 5.74) is 5.67. The lowest BCUT2D eigenvalue weighted by molar-refractivity contribution is -0.144. The summed E-state index contributed by atoms with van der Waals surface area (Å²) in [4.78, 5) is 29.3. The van der Waals surface area contributed by atoms with E-state index in [1.54, 1.807) is 30.2 Å². The number of nitrogens with zero attached hydrogens (tertiary/aromatic N) is 2. The highest BCUT2D eigenvalue weighted by atomic mass is 16.5. The molecule has 0 radical (unpaired) electrons. The van der Waals surface area contributed by atoms with Gasteiger partial charge in [0.05, 0.1) is 12.2 Å². The van der Waals surface area contributed by atoms with Gasteiger partial charge in [0.2, 0.25) is 0 Å². The molecule has 6 heteroatoms. The van der Waals surface area contributed by atoms with E-state index in [0.717, 1.165) is 6.42 Å². The molecule has 0 spiro atoms. The smallest absolute Gasteiger partial charge is 0.328 e. The van der Waals surface area contributed by atoms with Gasteiger partial charge < -0.3 is 15.4 Å². The highest BCUT2D eigenvalue weighted by Crippen LogP contribution is 2.27. The number of aromatic nitrogens is 1. The predicted octanol–water partition coefficient (Wildman–Crippen LogP) is 0.712. The van der Waals surface area contributed by atoms with Crippen molar-refractivity contribution in [2.75, 3.05) is 18.1 Å². The van der Waals surface area contributed by atoms with Gasteiger partial charge in [0.15, 0.2) is 0 Å². The van der Waals surface area contributed by atoms with Crippen molar-refractivity contribution in [2.24, 2.45) is 5.73 Å². The number of amides is 1. The Morgan fingerprint density at radius 1 is 1.58 bits per heavy atom. The number of carbonyl (C=O) groups excluding carboxylic acids is 2. The van der Waals surface area contributed by atoms with Crippen molar-refractivity contribution in [3.63, 3.8) is 0 Å². The molecule has 6 nitrogen and oxygen atoms in total. The lowest BCUT2D eigenvalue weighted by Gasteiger charge is -2.25. The van der Waals surface area contributed by atoms with Crippen LogP contribution in [0.25, 0.3) is 0 Å². The van der Waals surface area contributed by atoms with Crippen LogP contribution in [0.5, 0.6) is 0 Å². The summed E-state index contributed by atoms with van der Waals surface area (Å²) >= 11 is 0. The SMILES string of the molecule is CCOC(=O)C1CCCN1c1ncccc1C(N)=O. The summed E-state index contributed by atoms with van der Waals surface area (Å²) in [7, 11) is 0. The van der Waals surface area contributed by atoms with Crippen LogP contribution in [0.4, 0.5) is 5.82 Å². The summed E-state index contributed by atoms with van der Waals surface area (Å²) in [5.74, 6) is -0.357. The van der Waals surface area contributed by atoms with Crippen LogP contribution in [0.1, 0.15) is 30.1 Å². The van der Waals surface area contributed by atoms with Gasteiger partial charge in [-0.3, -0.25) is 4.79 Å². The maximum absolute atomic E-state index is 11.9. The minimum Gasteiger partial charge on any atom is -0.464 e. The number of nitrogens with two attached hydrogens (primary N) is 1. The van der Waals surface area contributed by atoms with Gasteiger partial charge in [-0.1, -0.05) is 0 Å². The highest BCUT2D eigenvalue weighted by Gasteiger charge is 2.34. The molecule has 0 aliphatic carbocycles. The Bertz CT molecular complexity index is 490. The second-order valence-electron chi connectivity index (χ2n) is 4.34. The molecule has 1 unspecified atom stereocenters. The molecular formula is C13H17N3O3. The van der Waals surface area contributed by atoms with Gasteiger partial charge in [-0.25, -0.2) is 9.78 Å². The summed E-state index contributed by atoms with van der Waals surface area (Å²) in [6, 6.07) is 2.89. The molecule has 2 heterocycles. The van der Waals surface area contributed by atoms with Crippen molar-refractivity contribution < 1.29 is 14.3 Å². The molecule has 2 N–H and O–H groups in total. The van der Waals surface area contributed by atoms with Crippen LogP contribution in [0, 0.1) is 0 Å². The molecule has 0 aromatic carbocycles. The van der Waals surface area contributed by atoms with E-state index in [0.29, 0.717) is 31.0 Å². The Morgan fingerprint density at radius 3 is 3.05 bits per heavy atom. The van der Waals surface area contributed by atoms with Crippen LogP contribution < -0.4 is 10.6 Å². The Hall–Kier alpha value is -2.11. The van der Waals surface area contributed by atoms with Crippen molar-refractivity contribution in [3.05, 3.63) is 23.9 Å². The Kier molecular flexibility index (Phi) is 3.99. The van der Waals surface area contributed by atoms with E-state index in [-0.39, 0.29) is 12.0 Å². The van der Waals surface area contributed by atoms with Gasteiger partial charge in [-0.2, -0.15) is 0 Å². The average Bonchev–Trinajstić information content (AvgIpc) is 2.88. The van der Waals surface area contributed by atoms with E-state index in [2.05, 4.69) is 4.98 Å². The van der Waals surface area contributed by atoms with Crippen molar-refractivity contribution in [1.82, 2.24) is 4.98 Å². The van der Waals surface area contributed by atoms with Gasteiger partial charge in [0, 0.05) is 12.7 Å². The van der Waals surface area contributed by atoms with Crippen LogP contribution in [0.3, 0.4) is 0 Å². The van der Waals surface area contributed by atoms with E-state index < -0.39 is 5.91 Å². The third-order valence-electron chi connectivity index (χ3n) is 3.14. The first-order valence-electron chi connectivity index (χ1n) is 6.33. The minimum absolute atomic E-state index is 0.277. The van der Waals surface area contributed by atoms with E-state index in [9.17, 15) is 9.59 Å². The maximum atomic E-state index is 11.9. The molecule has 2 rings (SSSR count). The summed E-state index contributed by atoms with van der Waals surface area (Å²) in [5, 5.41) is 0. The van der Waals surface area contributed by atoms with Gasteiger partial charge in [0.1, 0.15) is 11.9 Å². The van der Waals surface area contributed by atoms with Crippen molar-refractivity contribution in [2.45, 2.75) is 25.8 Å². The second-order valence-corrected chi connectivity index (χ2v) is 4.34. The molecule has 1 atom stereocenters. The van der Waals surface area contributed by atoms with Crippen molar-refractivity contribution in [1.29, 1.82) is 0 Å². The Balaban J connectivity index is 2.30. The lowest BCUT2D eigenvalue weighted by Crippen LogP contribution is -2.39. The zero-order valence-corrected chi connectivity index (χ0v) is 10.8. The molecular weight excluding hydrogens is 246 g/mol. The fourth-order valence-corrected chi connectivity index (χ4v) is 2.32. The summed E-state index contributed by atoms with van der Waals surface area (Å²) < 4.78 is 5.05. The lowest BCUT2D eigenvalue weighted by atomic mass is 10.2. The zero-order valence-electron chi connectivity index (χ0n) is 10.8. The number of primary amides is 1. The molecule has 102 valence electrons. The standard InChI is InChI=1S/C13H17N3O3/c1-2-19-13(18)10-6-4-8-16(10)12-9(11(14)17)5-3-7-15-12/h3,5,7,10H,2,4,6,8H2,1H3,(H2,14,17). The largest absolute Gasteiger partial charge is 0.464 e. The third kappa shape index (κ3) is 2.67. The number of pyridine rings is 1. The monoisotopic (exact) mass is 263 g/mol. The van der Waals surface area contributed by atoms with E-state index in [4.69, 9.17) is 10.5 Å². The quantitative estimate of drug-likeness (QED) is 0.809. The number of rotatable bonds is 4. The van der Waals surface area contributed by atoms with Gasteiger partial charge >= 0.3 is 5.97 Å². The fourth-order valence-electron chi connectivity index (χ4n) is 2.32. The normalized spacial score (nSPS) is 18.4. The van der Waals surface area contributed by atoms with Gasteiger partial charge in [-0.15, -0.1) is 0 Å². The molecule has 0 saturated carbocycles. The molecule has 1 aromatic rings. The number of hydrogen-bond acceptors (Lipinski definition) is 5. The first kappa shape index (κ1) is 13.3. The van der Waals surface area contributed by atoms with E-state index >= 15 is 0 Å². The van der Waals surface area contributed by atoms with Gasteiger partial charge in [0.25, 0.3) is 5.91 Å². The van der Waals surface area contributed by atoms with Crippen LogP contribution in [-0.2, 0) is 9.53 Å². The maximum Gasteiger partial charge on any atom is 0.328 e. The first-order valence-corrected chi connectivity index (χ1v) is 6.33. The predicted molar refractivity (Wildman–Crippen MR) is 69.8 cm³/mol. The number of ether oxygens (including phenoxy) is 1. The molecule has 1 aliphatic rings. The van der Waals surface area contributed by atoms with Crippen LogP contribution in [0.15, 0.2) is 18.3 Å². The third-order valence-corrected chi connectivity index (χ3v) is 3.14. The summed E-state index contributed by atoms with van der Waals surface area (Å²) in [6.07, 6.45) is 3.15. The number of carbonyl (C=O) groups is 2. The average molecular weight is 263 g/mol. The first-order chi connectivity index (χ1) is 9.15. The second kappa shape index (κ2) is 5.69. The Morgan fingerprint density at radius 2 is 2.37 bits per heavy atom.